The molecule has 17 heavy (non-hydrogen) atoms. The van der Waals surface area contributed by atoms with Crippen molar-refractivity contribution < 1.29 is 4.79 Å². The van der Waals surface area contributed by atoms with Crippen LogP contribution in [0.15, 0.2) is 30.0 Å². The van der Waals surface area contributed by atoms with Gasteiger partial charge in [0.15, 0.2) is 0 Å². The number of rotatable bonds is 4. The van der Waals surface area contributed by atoms with Crippen LogP contribution in [0.1, 0.15) is 20.9 Å². The molecule has 0 radical (unpaired) electrons. The lowest BCUT2D eigenvalue weighted by molar-refractivity contribution is 0.0951. The van der Waals surface area contributed by atoms with Crippen LogP contribution in [0.2, 0.25) is 0 Å². The Morgan fingerprint density at radius 1 is 1.53 bits per heavy atom. The van der Waals surface area contributed by atoms with Crippen LogP contribution in [-0.4, -0.2) is 15.9 Å². The molecule has 0 aromatic carbocycles. The van der Waals surface area contributed by atoms with Crippen LogP contribution >= 0.6 is 11.3 Å². The van der Waals surface area contributed by atoms with Gasteiger partial charge in [0.05, 0.1) is 17.7 Å². The highest BCUT2D eigenvalue weighted by molar-refractivity contribution is 7.09. The van der Waals surface area contributed by atoms with Crippen LogP contribution in [-0.2, 0) is 13.1 Å². The monoisotopic (exact) mass is 248 g/mol. The summed E-state index contributed by atoms with van der Waals surface area (Å²) < 4.78 is 0. The molecule has 0 saturated carbocycles. The third-order valence-corrected chi connectivity index (χ3v) is 2.97. The molecular weight excluding hydrogens is 236 g/mol. The summed E-state index contributed by atoms with van der Waals surface area (Å²) in [7, 11) is 0. The average molecular weight is 248 g/mol. The van der Waals surface area contributed by atoms with Crippen LogP contribution in [0.25, 0.3) is 0 Å². The number of carbonyl (C=O) groups excluding carboxylic acids is 1. The highest BCUT2D eigenvalue weighted by atomic mass is 32.1. The van der Waals surface area contributed by atoms with Gasteiger partial charge in [-0.25, -0.2) is 0 Å². The van der Waals surface area contributed by atoms with E-state index in [1.54, 1.807) is 30.0 Å². The lowest BCUT2D eigenvalue weighted by atomic mass is 10.2. The van der Waals surface area contributed by atoms with Gasteiger partial charge in [-0.3, -0.25) is 14.8 Å². The van der Waals surface area contributed by atoms with Gasteiger partial charge in [0.25, 0.3) is 5.91 Å². The fraction of sp³-hybridized carbons (Fsp3) is 0.182. The Kier molecular flexibility index (Phi) is 3.79. The van der Waals surface area contributed by atoms with Crippen LogP contribution in [0.5, 0.6) is 0 Å². The van der Waals surface area contributed by atoms with E-state index in [4.69, 9.17) is 5.73 Å². The zero-order valence-corrected chi connectivity index (χ0v) is 9.91. The highest BCUT2D eigenvalue weighted by Crippen LogP contribution is 2.06. The average Bonchev–Trinajstić information content (AvgIpc) is 2.89. The van der Waals surface area contributed by atoms with Crippen molar-refractivity contribution in [2.45, 2.75) is 13.1 Å². The predicted octanol–water partition coefficient (Wildman–Crippen LogP) is 0.927. The minimum atomic E-state index is -0.129. The molecule has 0 unspecified atom stereocenters. The minimum Gasteiger partial charge on any atom is -0.347 e. The summed E-state index contributed by atoms with van der Waals surface area (Å²) in [5.41, 5.74) is 8.48. The Morgan fingerprint density at radius 2 is 2.41 bits per heavy atom. The van der Waals surface area contributed by atoms with Crippen molar-refractivity contribution in [1.29, 1.82) is 0 Å². The molecule has 0 aliphatic carbocycles. The number of aromatic nitrogens is 2. The van der Waals surface area contributed by atoms with E-state index in [0.29, 0.717) is 24.3 Å². The number of thiazole rings is 1. The van der Waals surface area contributed by atoms with Crippen LogP contribution in [0.4, 0.5) is 0 Å². The number of nitrogens with zero attached hydrogens (tertiary/aromatic N) is 2. The summed E-state index contributed by atoms with van der Waals surface area (Å²) in [4.78, 5) is 20.8. The number of hydrogen-bond donors (Lipinski definition) is 2. The van der Waals surface area contributed by atoms with E-state index >= 15 is 0 Å². The molecular formula is C11H12N4OS. The van der Waals surface area contributed by atoms with Gasteiger partial charge < -0.3 is 11.1 Å². The molecule has 2 aromatic rings. The molecule has 0 atom stereocenters. The van der Waals surface area contributed by atoms with Gasteiger partial charge in [0.2, 0.25) is 0 Å². The second-order valence-electron chi connectivity index (χ2n) is 3.39. The van der Waals surface area contributed by atoms with Crippen molar-refractivity contribution in [2.24, 2.45) is 5.73 Å². The molecule has 3 N–H and O–H groups in total. The minimum absolute atomic E-state index is 0.129. The van der Waals surface area contributed by atoms with Gasteiger partial charge in [-0.15, -0.1) is 11.3 Å². The van der Waals surface area contributed by atoms with E-state index < -0.39 is 0 Å². The Bertz CT molecular complexity index is 498. The van der Waals surface area contributed by atoms with Crippen LogP contribution < -0.4 is 11.1 Å². The van der Waals surface area contributed by atoms with Crippen molar-refractivity contribution in [1.82, 2.24) is 15.3 Å². The highest BCUT2D eigenvalue weighted by Gasteiger charge is 2.06. The number of pyridine rings is 1. The molecule has 88 valence electrons. The zero-order chi connectivity index (χ0) is 12.1. The number of nitrogens with one attached hydrogen (secondary N) is 1. The lowest BCUT2D eigenvalue weighted by Crippen LogP contribution is -2.22. The van der Waals surface area contributed by atoms with Gasteiger partial charge in [0, 0.05) is 29.4 Å². The standard InChI is InChI=1S/C11H12N4OS/c12-4-9-3-8(1-2-14-9)11(16)15-6-10-5-13-7-17-10/h1-3,5,7H,4,6,12H2,(H,15,16). The SMILES string of the molecule is NCc1cc(C(=O)NCc2cncs2)ccn1. The number of nitrogens with two attached hydrogens (primary N) is 1. The van der Waals surface area contributed by atoms with Gasteiger partial charge in [-0.2, -0.15) is 0 Å². The largest absolute Gasteiger partial charge is 0.347 e. The van der Waals surface area contributed by atoms with E-state index in [2.05, 4.69) is 15.3 Å². The maximum atomic E-state index is 11.8. The molecule has 0 bridgehead atoms. The Hall–Kier alpha value is -1.79. The zero-order valence-electron chi connectivity index (χ0n) is 9.09. The third kappa shape index (κ3) is 3.08. The lowest BCUT2D eigenvalue weighted by Gasteiger charge is -2.04. The molecule has 2 heterocycles. The quantitative estimate of drug-likeness (QED) is 0.843. The molecule has 0 aliphatic heterocycles. The summed E-state index contributed by atoms with van der Waals surface area (Å²) in [5, 5.41) is 2.82. The molecule has 5 nitrogen and oxygen atoms in total. The Labute approximate surface area is 103 Å². The molecule has 0 aliphatic rings. The first-order chi connectivity index (χ1) is 8.29. The molecule has 1 amide bonds. The Balaban J connectivity index is 1.99. The number of amides is 1. The van der Waals surface area contributed by atoms with Crippen molar-refractivity contribution in [3.05, 3.63) is 46.2 Å². The Morgan fingerprint density at radius 3 is 3.12 bits per heavy atom. The summed E-state index contributed by atoms with van der Waals surface area (Å²) in [6.45, 7) is 0.819. The normalized spacial score (nSPS) is 10.2. The number of carbonyl (C=O) groups is 1. The molecule has 0 fully saturated rings. The molecule has 6 heteroatoms. The van der Waals surface area contributed by atoms with Gasteiger partial charge in [-0.05, 0) is 12.1 Å². The molecule has 2 rings (SSSR count). The van der Waals surface area contributed by atoms with E-state index in [0.717, 1.165) is 4.88 Å². The fourth-order valence-corrected chi connectivity index (χ4v) is 1.86. The van der Waals surface area contributed by atoms with E-state index in [-0.39, 0.29) is 5.91 Å². The first-order valence-corrected chi connectivity index (χ1v) is 5.98. The molecule has 2 aromatic heterocycles. The topological polar surface area (TPSA) is 80.9 Å². The van der Waals surface area contributed by atoms with E-state index in [1.165, 1.54) is 11.3 Å². The van der Waals surface area contributed by atoms with Crippen LogP contribution in [0, 0.1) is 0 Å². The van der Waals surface area contributed by atoms with Gasteiger partial charge >= 0.3 is 0 Å². The van der Waals surface area contributed by atoms with E-state index in [1.807, 2.05) is 0 Å². The van der Waals surface area contributed by atoms with E-state index in [9.17, 15) is 4.79 Å². The van der Waals surface area contributed by atoms with Crippen molar-refractivity contribution >= 4 is 17.2 Å². The van der Waals surface area contributed by atoms with Crippen molar-refractivity contribution in [3.8, 4) is 0 Å². The van der Waals surface area contributed by atoms with Crippen molar-refractivity contribution in [3.63, 3.8) is 0 Å². The van der Waals surface area contributed by atoms with Crippen molar-refractivity contribution in [2.75, 3.05) is 0 Å². The molecule has 0 saturated heterocycles. The summed E-state index contributed by atoms with van der Waals surface area (Å²) in [5.74, 6) is -0.129. The smallest absolute Gasteiger partial charge is 0.251 e. The summed E-state index contributed by atoms with van der Waals surface area (Å²) >= 11 is 1.51. The second kappa shape index (κ2) is 5.51. The van der Waals surface area contributed by atoms with Crippen LogP contribution in [0.3, 0.4) is 0 Å². The molecule has 0 spiro atoms. The summed E-state index contributed by atoms with van der Waals surface area (Å²) in [6.07, 6.45) is 3.33. The van der Waals surface area contributed by atoms with Gasteiger partial charge in [-0.1, -0.05) is 0 Å². The van der Waals surface area contributed by atoms with Gasteiger partial charge in [0.1, 0.15) is 0 Å². The first-order valence-electron chi connectivity index (χ1n) is 5.10. The maximum Gasteiger partial charge on any atom is 0.251 e. The maximum absolute atomic E-state index is 11.8. The fourth-order valence-electron chi connectivity index (χ4n) is 1.33. The third-order valence-electron chi connectivity index (χ3n) is 2.19. The summed E-state index contributed by atoms with van der Waals surface area (Å²) in [6, 6.07) is 3.36. The first kappa shape index (κ1) is 11.7. The predicted molar refractivity (Wildman–Crippen MR) is 65.4 cm³/mol. The number of hydrogen-bond acceptors (Lipinski definition) is 5. The second-order valence-corrected chi connectivity index (χ2v) is 4.36.